The Labute approximate surface area is 135 Å². The molecule has 0 aromatic heterocycles. The van der Waals surface area contributed by atoms with Gasteiger partial charge in [-0.2, -0.15) is 0 Å². The van der Waals surface area contributed by atoms with Crippen LogP contribution >= 0.6 is 11.6 Å². The first-order valence-corrected chi connectivity index (χ1v) is 7.57. The van der Waals surface area contributed by atoms with Gasteiger partial charge in [-0.1, -0.05) is 23.7 Å². The van der Waals surface area contributed by atoms with Crippen LogP contribution in [0, 0.1) is 0 Å². The molecule has 116 valence electrons. The van der Waals surface area contributed by atoms with Crippen molar-refractivity contribution in [1.82, 2.24) is 4.90 Å². The summed E-state index contributed by atoms with van der Waals surface area (Å²) in [5, 5.41) is 4.21. The maximum absolute atomic E-state index is 5.97. The number of halogens is 1. The molecule has 1 aliphatic heterocycles. The fraction of sp³-hybridized carbons (Fsp3) is 0.294. The lowest BCUT2D eigenvalue weighted by Gasteiger charge is -2.25. The molecular weight excluding hydrogens is 300 g/mol. The third kappa shape index (κ3) is 3.29. The third-order valence-electron chi connectivity index (χ3n) is 3.75. The Hall–Kier alpha value is -1.91. The van der Waals surface area contributed by atoms with E-state index >= 15 is 0 Å². The highest BCUT2D eigenvalue weighted by molar-refractivity contribution is 6.30. The number of nitrogens with zero attached hydrogens (tertiary/aromatic N) is 1. The molecule has 0 spiro atoms. The molecule has 2 aromatic carbocycles. The minimum Gasteiger partial charge on any atom is -0.454 e. The summed E-state index contributed by atoms with van der Waals surface area (Å²) < 4.78 is 10.7. The smallest absolute Gasteiger partial charge is 0.231 e. The number of rotatable bonds is 5. The van der Waals surface area contributed by atoms with E-state index in [0.29, 0.717) is 6.79 Å². The van der Waals surface area contributed by atoms with Gasteiger partial charge in [0, 0.05) is 23.3 Å². The van der Waals surface area contributed by atoms with Crippen LogP contribution in [-0.4, -0.2) is 32.3 Å². The Morgan fingerprint density at radius 2 is 1.82 bits per heavy atom. The summed E-state index contributed by atoms with van der Waals surface area (Å²) in [6, 6.07) is 14.1. The molecule has 1 aliphatic rings. The SMILES string of the molecule is CN(C)C(CNc1ccc2c(c1)OCO2)c1ccc(Cl)cc1. The van der Waals surface area contributed by atoms with Crippen LogP contribution in [0.25, 0.3) is 0 Å². The van der Waals surface area contributed by atoms with E-state index in [1.807, 2.05) is 30.3 Å². The van der Waals surface area contributed by atoms with Crippen LogP contribution in [0.4, 0.5) is 5.69 Å². The third-order valence-corrected chi connectivity index (χ3v) is 4.00. The Bertz CT molecular complexity index is 644. The maximum Gasteiger partial charge on any atom is 0.231 e. The van der Waals surface area contributed by atoms with Crippen LogP contribution in [0.1, 0.15) is 11.6 Å². The number of nitrogens with one attached hydrogen (secondary N) is 1. The molecule has 0 amide bonds. The summed E-state index contributed by atoms with van der Waals surface area (Å²) in [4.78, 5) is 2.18. The van der Waals surface area contributed by atoms with Crippen molar-refractivity contribution in [1.29, 1.82) is 0 Å². The van der Waals surface area contributed by atoms with Crippen molar-refractivity contribution in [2.24, 2.45) is 0 Å². The van der Waals surface area contributed by atoms with E-state index in [9.17, 15) is 0 Å². The number of hydrogen-bond donors (Lipinski definition) is 1. The quantitative estimate of drug-likeness (QED) is 0.909. The molecule has 0 saturated heterocycles. The molecule has 1 heterocycles. The minimum atomic E-state index is 0.252. The second-order valence-electron chi connectivity index (χ2n) is 5.48. The number of likely N-dealkylation sites (N-methyl/N-ethyl adjacent to an activating group) is 1. The standard InChI is InChI=1S/C17H19ClN2O2/c1-20(2)15(12-3-5-13(18)6-4-12)10-19-14-7-8-16-17(9-14)22-11-21-16/h3-9,15,19H,10-11H2,1-2H3. The molecule has 0 bridgehead atoms. The van der Waals surface area contributed by atoms with Crippen molar-refractivity contribution < 1.29 is 9.47 Å². The van der Waals surface area contributed by atoms with E-state index in [4.69, 9.17) is 21.1 Å². The van der Waals surface area contributed by atoms with Crippen molar-refractivity contribution in [3.63, 3.8) is 0 Å². The van der Waals surface area contributed by atoms with Crippen LogP contribution in [0.5, 0.6) is 11.5 Å². The van der Waals surface area contributed by atoms with Gasteiger partial charge in [0.1, 0.15) is 0 Å². The first kappa shape index (κ1) is 15.0. The number of hydrogen-bond acceptors (Lipinski definition) is 4. The van der Waals surface area contributed by atoms with E-state index in [2.05, 4.69) is 36.4 Å². The predicted molar refractivity (Wildman–Crippen MR) is 88.9 cm³/mol. The Kier molecular flexibility index (Phi) is 4.41. The zero-order chi connectivity index (χ0) is 15.5. The summed E-state index contributed by atoms with van der Waals surface area (Å²) in [5.74, 6) is 1.59. The molecule has 2 aromatic rings. The Morgan fingerprint density at radius 1 is 1.09 bits per heavy atom. The fourth-order valence-electron chi connectivity index (χ4n) is 2.50. The number of benzene rings is 2. The summed E-state index contributed by atoms with van der Waals surface area (Å²) >= 11 is 5.97. The topological polar surface area (TPSA) is 33.7 Å². The van der Waals surface area contributed by atoms with Gasteiger partial charge in [0.2, 0.25) is 6.79 Å². The molecule has 0 aliphatic carbocycles. The molecule has 1 unspecified atom stereocenters. The van der Waals surface area contributed by atoms with Crippen molar-refractivity contribution in [2.75, 3.05) is 32.7 Å². The first-order valence-electron chi connectivity index (χ1n) is 7.19. The van der Waals surface area contributed by atoms with Gasteiger partial charge in [0.25, 0.3) is 0 Å². The van der Waals surface area contributed by atoms with Crippen LogP contribution in [0.2, 0.25) is 5.02 Å². The highest BCUT2D eigenvalue weighted by atomic mass is 35.5. The van der Waals surface area contributed by atoms with Gasteiger partial charge in [-0.3, -0.25) is 0 Å². The van der Waals surface area contributed by atoms with Gasteiger partial charge in [-0.25, -0.2) is 0 Å². The predicted octanol–water partition coefficient (Wildman–Crippen LogP) is 3.78. The average Bonchev–Trinajstić information content (AvgIpc) is 2.96. The molecular formula is C17H19ClN2O2. The van der Waals surface area contributed by atoms with Gasteiger partial charge >= 0.3 is 0 Å². The molecule has 1 atom stereocenters. The molecule has 1 N–H and O–H groups in total. The van der Waals surface area contributed by atoms with Gasteiger partial charge in [-0.05, 0) is 43.9 Å². The van der Waals surface area contributed by atoms with Crippen LogP contribution in [-0.2, 0) is 0 Å². The molecule has 0 radical (unpaired) electrons. The van der Waals surface area contributed by atoms with Crippen LogP contribution in [0.15, 0.2) is 42.5 Å². The molecule has 0 saturated carbocycles. The number of ether oxygens (including phenoxy) is 2. The second-order valence-corrected chi connectivity index (χ2v) is 5.92. The largest absolute Gasteiger partial charge is 0.454 e. The minimum absolute atomic E-state index is 0.252. The van der Waals surface area contributed by atoms with Crippen molar-refractivity contribution >= 4 is 17.3 Å². The van der Waals surface area contributed by atoms with Crippen molar-refractivity contribution in [3.8, 4) is 11.5 Å². The zero-order valence-electron chi connectivity index (χ0n) is 12.7. The van der Waals surface area contributed by atoms with Crippen LogP contribution < -0.4 is 14.8 Å². The average molecular weight is 319 g/mol. The van der Waals surface area contributed by atoms with Crippen molar-refractivity contribution in [2.45, 2.75) is 6.04 Å². The van der Waals surface area contributed by atoms with E-state index in [1.165, 1.54) is 5.56 Å². The summed E-state index contributed by atoms with van der Waals surface area (Å²) in [6.07, 6.45) is 0. The van der Waals surface area contributed by atoms with Crippen LogP contribution in [0.3, 0.4) is 0 Å². The highest BCUT2D eigenvalue weighted by Gasteiger charge is 2.16. The van der Waals surface area contributed by atoms with E-state index in [-0.39, 0.29) is 6.04 Å². The molecule has 22 heavy (non-hydrogen) atoms. The summed E-state index contributed by atoms with van der Waals surface area (Å²) in [7, 11) is 4.14. The van der Waals surface area contributed by atoms with Gasteiger partial charge in [0.05, 0.1) is 6.04 Å². The van der Waals surface area contributed by atoms with E-state index in [0.717, 1.165) is 28.8 Å². The van der Waals surface area contributed by atoms with Gasteiger partial charge in [-0.15, -0.1) is 0 Å². The molecule has 5 heteroatoms. The lowest BCUT2D eigenvalue weighted by Crippen LogP contribution is -2.26. The van der Waals surface area contributed by atoms with E-state index < -0.39 is 0 Å². The maximum atomic E-state index is 5.97. The summed E-state index contributed by atoms with van der Waals surface area (Å²) in [6.45, 7) is 1.08. The second kappa shape index (κ2) is 6.46. The number of anilines is 1. The Balaban J connectivity index is 1.70. The Morgan fingerprint density at radius 3 is 2.55 bits per heavy atom. The lowest BCUT2D eigenvalue weighted by molar-refractivity contribution is 0.174. The first-order chi connectivity index (χ1) is 10.6. The lowest BCUT2D eigenvalue weighted by atomic mass is 10.1. The van der Waals surface area contributed by atoms with Gasteiger partial charge in [0.15, 0.2) is 11.5 Å². The molecule has 0 fully saturated rings. The normalized spacial score (nSPS) is 14.2. The van der Waals surface area contributed by atoms with E-state index in [1.54, 1.807) is 0 Å². The molecule has 4 nitrogen and oxygen atoms in total. The molecule has 3 rings (SSSR count). The zero-order valence-corrected chi connectivity index (χ0v) is 13.4. The van der Waals surface area contributed by atoms with Gasteiger partial charge < -0.3 is 19.7 Å². The monoisotopic (exact) mass is 318 g/mol. The fourth-order valence-corrected chi connectivity index (χ4v) is 2.63. The highest BCUT2D eigenvalue weighted by Crippen LogP contribution is 2.34. The van der Waals surface area contributed by atoms with Crippen molar-refractivity contribution in [3.05, 3.63) is 53.1 Å². The summed E-state index contributed by atoms with van der Waals surface area (Å²) in [5.41, 5.74) is 2.24. The number of fused-ring (bicyclic) bond motifs is 1.